The zero-order valence-corrected chi connectivity index (χ0v) is 14.8. The topological polar surface area (TPSA) is 75.4 Å². The summed E-state index contributed by atoms with van der Waals surface area (Å²) in [5.41, 5.74) is 0.770. The molecule has 1 N–H and O–H groups in total. The summed E-state index contributed by atoms with van der Waals surface area (Å²) in [6, 6.07) is 0.301. The summed E-state index contributed by atoms with van der Waals surface area (Å²) in [5.74, 6) is -0.724. The van der Waals surface area contributed by atoms with E-state index in [1.807, 2.05) is 11.6 Å². The van der Waals surface area contributed by atoms with Gasteiger partial charge in [-0.05, 0) is 38.5 Å². The Morgan fingerprint density at radius 2 is 2.12 bits per heavy atom. The Morgan fingerprint density at radius 1 is 1.42 bits per heavy atom. The second-order valence-corrected chi connectivity index (χ2v) is 7.29. The molecule has 1 aliphatic heterocycles. The van der Waals surface area contributed by atoms with Crippen molar-refractivity contribution in [2.24, 2.45) is 11.3 Å². The molecule has 132 valence electrons. The molecule has 0 radical (unpaired) electrons. The molecule has 0 unspecified atom stereocenters. The number of rotatable bonds is 5. The lowest BCUT2D eigenvalue weighted by molar-refractivity contribution is -0.149. The van der Waals surface area contributed by atoms with Crippen LogP contribution in [-0.2, 0) is 4.79 Å². The molecule has 0 bridgehead atoms. The van der Waals surface area contributed by atoms with Gasteiger partial charge in [0.05, 0.1) is 23.2 Å². The Hall–Kier alpha value is -1.85. The van der Waals surface area contributed by atoms with Crippen molar-refractivity contribution in [2.75, 3.05) is 13.1 Å². The fourth-order valence-corrected chi connectivity index (χ4v) is 4.60. The number of hydrogen-bond acceptors (Lipinski definition) is 3. The minimum Gasteiger partial charge on any atom is -0.481 e. The van der Waals surface area contributed by atoms with Crippen LogP contribution in [-0.4, -0.2) is 44.8 Å². The molecule has 1 saturated heterocycles. The van der Waals surface area contributed by atoms with E-state index in [2.05, 4.69) is 18.9 Å². The predicted molar refractivity (Wildman–Crippen MR) is 89.9 cm³/mol. The molecular formula is C18H27N3O3. The molecule has 0 spiro atoms. The van der Waals surface area contributed by atoms with Crippen LogP contribution >= 0.6 is 0 Å². The van der Waals surface area contributed by atoms with Gasteiger partial charge in [-0.25, -0.2) is 0 Å². The normalized spacial score (nSPS) is 26.2. The number of aliphatic carboxylic acids is 1. The van der Waals surface area contributed by atoms with Crippen molar-refractivity contribution < 1.29 is 14.7 Å². The first-order valence-electron chi connectivity index (χ1n) is 9.01. The fourth-order valence-electron chi connectivity index (χ4n) is 4.60. The minimum absolute atomic E-state index is 0.0697. The summed E-state index contributed by atoms with van der Waals surface area (Å²) in [4.78, 5) is 26.5. The van der Waals surface area contributed by atoms with Crippen LogP contribution in [0.3, 0.4) is 0 Å². The maximum absolute atomic E-state index is 13.0. The summed E-state index contributed by atoms with van der Waals surface area (Å²) in [7, 11) is 0. The van der Waals surface area contributed by atoms with Gasteiger partial charge >= 0.3 is 5.97 Å². The van der Waals surface area contributed by atoms with E-state index in [0.29, 0.717) is 31.1 Å². The molecule has 1 aromatic heterocycles. The molecule has 6 nitrogen and oxygen atoms in total. The average Bonchev–Trinajstić information content (AvgIpc) is 3.21. The van der Waals surface area contributed by atoms with Crippen LogP contribution in [0.15, 0.2) is 6.20 Å². The Labute approximate surface area is 142 Å². The van der Waals surface area contributed by atoms with Gasteiger partial charge in [0.2, 0.25) is 0 Å². The van der Waals surface area contributed by atoms with Crippen molar-refractivity contribution in [3.05, 3.63) is 17.5 Å². The molecule has 3 rings (SSSR count). The Morgan fingerprint density at radius 3 is 2.71 bits per heavy atom. The quantitative estimate of drug-likeness (QED) is 0.899. The molecule has 1 saturated carbocycles. The lowest BCUT2D eigenvalue weighted by atomic mass is 9.81. The van der Waals surface area contributed by atoms with E-state index in [4.69, 9.17) is 0 Å². The number of hydrogen-bond donors (Lipinski definition) is 1. The van der Waals surface area contributed by atoms with E-state index in [-0.39, 0.29) is 11.8 Å². The molecule has 0 aromatic carbocycles. The molecular weight excluding hydrogens is 306 g/mol. The maximum Gasteiger partial charge on any atom is 0.311 e. The Bertz CT molecular complexity index is 650. The number of carbonyl (C=O) groups is 2. The number of carboxylic acid groups (broad SMARTS) is 1. The van der Waals surface area contributed by atoms with Gasteiger partial charge in [-0.15, -0.1) is 0 Å². The number of likely N-dealkylation sites (tertiary alicyclic amines) is 1. The van der Waals surface area contributed by atoms with E-state index in [0.717, 1.165) is 31.4 Å². The minimum atomic E-state index is -0.746. The first kappa shape index (κ1) is 17.0. The maximum atomic E-state index is 13.0. The Balaban J connectivity index is 1.83. The highest BCUT2D eigenvalue weighted by Crippen LogP contribution is 2.49. The van der Waals surface area contributed by atoms with Gasteiger partial charge in [0.1, 0.15) is 0 Å². The van der Waals surface area contributed by atoms with Gasteiger partial charge in [-0.3, -0.25) is 14.3 Å². The van der Waals surface area contributed by atoms with Crippen molar-refractivity contribution in [1.29, 1.82) is 0 Å². The van der Waals surface area contributed by atoms with Crippen LogP contribution in [0.4, 0.5) is 0 Å². The van der Waals surface area contributed by atoms with E-state index < -0.39 is 11.4 Å². The predicted octanol–water partition coefficient (Wildman–Crippen LogP) is 2.88. The van der Waals surface area contributed by atoms with Crippen LogP contribution in [0.5, 0.6) is 0 Å². The van der Waals surface area contributed by atoms with E-state index in [9.17, 15) is 14.7 Å². The highest BCUT2D eigenvalue weighted by Gasteiger charge is 2.56. The first-order chi connectivity index (χ1) is 11.4. The molecule has 2 heterocycles. The van der Waals surface area contributed by atoms with Gasteiger partial charge in [0, 0.05) is 18.8 Å². The smallest absolute Gasteiger partial charge is 0.311 e. The number of carbonyl (C=O) groups excluding carboxylic acids is 1. The van der Waals surface area contributed by atoms with Crippen LogP contribution in [0.2, 0.25) is 0 Å². The van der Waals surface area contributed by atoms with E-state index in [1.54, 1.807) is 11.1 Å². The van der Waals surface area contributed by atoms with Gasteiger partial charge < -0.3 is 10.0 Å². The lowest BCUT2D eigenvalue weighted by Crippen LogP contribution is -2.37. The third-order valence-electron chi connectivity index (χ3n) is 6.15. The van der Waals surface area contributed by atoms with E-state index in [1.165, 1.54) is 0 Å². The monoisotopic (exact) mass is 333 g/mol. The SMILES string of the molecule is CCC(CC)n1ncc(C(=O)N2C[C@@H]3CCC[C@@]3(C(=O)O)C2)c1C. The number of amides is 1. The molecule has 2 aliphatic rings. The van der Waals surface area contributed by atoms with Gasteiger partial charge in [-0.2, -0.15) is 5.10 Å². The van der Waals surface area contributed by atoms with Gasteiger partial charge in [-0.1, -0.05) is 20.3 Å². The molecule has 24 heavy (non-hydrogen) atoms. The largest absolute Gasteiger partial charge is 0.481 e. The lowest BCUT2D eigenvalue weighted by Gasteiger charge is -2.23. The number of aromatic nitrogens is 2. The summed E-state index contributed by atoms with van der Waals surface area (Å²) < 4.78 is 1.94. The molecule has 1 amide bonds. The zero-order valence-electron chi connectivity index (χ0n) is 14.8. The second-order valence-electron chi connectivity index (χ2n) is 7.29. The standard InChI is InChI=1S/C18H27N3O3/c1-4-14(5-2)21-12(3)15(9-19-21)16(22)20-10-13-7-6-8-18(13,11-20)17(23)24/h9,13-14H,4-8,10-11H2,1-3H3,(H,23,24)/t13-,18+/m0/s1. The van der Waals surface area contributed by atoms with Crippen LogP contribution < -0.4 is 0 Å². The zero-order chi connectivity index (χ0) is 17.5. The van der Waals surface area contributed by atoms with E-state index >= 15 is 0 Å². The summed E-state index contributed by atoms with van der Waals surface area (Å²) in [5, 5.41) is 14.1. The van der Waals surface area contributed by atoms with Crippen molar-refractivity contribution in [3.63, 3.8) is 0 Å². The third kappa shape index (κ3) is 2.43. The highest BCUT2D eigenvalue weighted by molar-refractivity contribution is 5.96. The summed E-state index contributed by atoms with van der Waals surface area (Å²) in [6.07, 6.45) is 6.13. The first-order valence-corrected chi connectivity index (χ1v) is 9.01. The number of carboxylic acids is 1. The van der Waals surface area contributed by atoms with Gasteiger partial charge in [0.25, 0.3) is 5.91 Å². The van der Waals surface area contributed by atoms with Crippen LogP contribution in [0.25, 0.3) is 0 Å². The highest BCUT2D eigenvalue weighted by atomic mass is 16.4. The van der Waals surface area contributed by atoms with Crippen molar-refractivity contribution >= 4 is 11.9 Å². The number of fused-ring (bicyclic) bond motifs is 1. The summed E-state index contributed by atoms with van der Waals surface area (Å²) in [6.45, 7) is 7.06. The second kappa shape index (κ2) is 6.22. The average molecular weight is 333 g/mol. The third-order valence-corrected chi connectivity index (χ3v) is 6.15. The van der Waals surface area contributed by atoms with Gasteiger partial charge in [0.15, 0.2) is 0 Å². The number of nitrogens with zero attached hydrogens (tertiary/aromatic N) is 3. The van der Waals surface area contributed by atoms with Crippen LogP contribution in [0, 0.1) is 18.3 Å². The van der Waals surface area contributed by atoms with Crippen molar-refractivity contribution in [2.45, 2.75) is 58.9 Å². The van der Waals surface area contributed by atoms with Crippen molar-refractivity contribution in [1.82, 2.24) is 14.7 Å². The van der Waals surface area contributed by atoms with Crippen molar-refractivity contribution in [3.8, 4) is 0 Å². The molecule has 1 aromatic rings. The summed E-state index contributed by atoms with van der Waals surface area (Å²) >= 11 is 0. The van der Waals surface area contributed by atoms with Crippen LogP contribution in [0.1, 0.15) is 68.0 Å². The molecule has 2 atom stereocenters. The molecule has 1 aliphatic carbocycles. The fraction of sp³-hybridized carbons (Fsp3) is 0.722. The molecule has 6 heteroatoms. The molecule has 2 fully saturated rings. The Kier molecular flexibility index (Phi) is 4.40.